The van der Waals surface area contributed by atoms with Crippen molar-refractivity contribution in [2.24, 2.45) is 0 Å². The summed E-state index contributed by atoms with van der Waals surface area (Å²) in [7, 11) is 3.30. The highest BCUT2D eigenvalue weighted by Gasteiger charge is 2.42. The molecule has 0 aromatic heterocycles. The van der Waals surface area contributed by atoms with Crippen LogP contribution in [0.25, 0.3) is 0 Å². The summed E-state index contributed by atoms with van der Waals surface area (Å²) in [5.41, 5.74) is 0. The Labute approximate surface area is 127 Å². The lowest BCUT2D eigenvalue weighted by Crippen LogP contribution is -2.51. The van der Waals surface area contributed by atoms with Gasteiger partial charge in [0.05, 0.1) is 17.5 Å². The highest BCUT2D eigenvalue weighted by Crippen LogP contribution is 2.37. The summed E-state index contributed by atoms with van der Waals surface area (Å²) in [6, 6.07) is 0. The molecule has 0 fully saturated rings. The molecule has 0 radical (unpaired) electrons. The van der Waals surface area contributed by atoms with Gasteiger partial charge in [0, 0.05) is 30.0 Å². The molecular weight excluding hydrogens is 292 g/mol. The van der Waals surface area contributed by atoms with Crippen molar-refractivity contribution in [1.82, 2.24) is 0 Å². The summed E-state index contributed by atoms with van der Waals surface area (Å²) in [6.07, 6.45) is 0.666. The van der Waals surface area contributed by atoms with E-state index in [0.717, 1.165) is 6.42 Å². The minimum Gasteiger partial charge on any atom is -0.382 e. The van der Waals surface area contributed by atoms with E-state index in [0.29, 0.717) is 12.4 Å². The third-order valence-electron chi connectivity index (χ3n) is 2.68. The first kappa shape index (κ1) is 18.3. The summed E-state index contributed by atoms with van der Waals surface area (Å²) < 4.78 is 10.1. The van der Waals surface area contributed by atoms with E-state index in [1.807, 2.05) is 0 Å². The molecule has 0 spiro atoms. The summed E-state index contributed by atoms with van der Waals surface area (Å²) >= 11 is 18.3. The van der Waals surface area contributed by atoms with Crippen LogP contribution in [0, 0.1) is 0 Å². The van der Waals surface area contributed by atoms with Crippen LogP contribution in [0.15, 0.2) is 0 Å². The normalized spacial score (nSPS) is 19.8. The molecule has 0 heterocycles. The van der Waals surface area contributed by atoms with E-state index in [1.54, 1.807) is 14.2 Å². The summed E-state index contributed by atoms with van der Waals surface area (Å²) in [5.74, 6) is 0.565. The van der Waals surface area contributed by atoms with Gasteiger partial charge < -0.3 is 9.47 Å². The van der Waals surface area contributed by atoms with Crippen LogP contribution in [0.4, 0.5) is 0 Å². The van der Waals surface area contributed by atoms with Gasteiger partial charge in [-0.1, -0.05) is 13.8 Å². The summed E-state index contributed by atoms with van der Waals surface area (Å²) in [4.78, 5) is 0. The predicted octanol–water partition coefficient (Wildman–Crippen LogP) is 2.64. The van der Waals surface area contributed by atoms with Crippen LogP contribution in [0.3, 0.4) is 0 Å². The van der Waals surface area contributed by atoms with Gasteiger partial charge in [0.2, 0.25) is 0 Å². The van der Waals surface area contributed by atoms with Crippen molar-refractivity contribution in [3.63, 3.8) is 0 Å². The van der Waals surface area contributed by atoms with Crippen LogP contribution in [0.1, 0.15) is 20.3 Å². The number of rotatable bonds is 8. The number of hydrogen-bond donors (Lipinski definition) is 4. The molecule has 0 aliphatic rings. The quantitative estimate of drug-likeness (QED) is 0.516. The van der Waals surface area contributed by atoms with Crippen LogP contribution < -0.4 is 0 Å². The minimum absolute atomic E-state index is 0.0240. The van der Waals surface area contributed by atoms with Gasteiger partial charge in [0.15, 0.2) is 0 Å². The van der Waals surface area contributed by atoms with Gasteiger partial charge in [-0.15, -0.1) is 0 Å². The average molecular weight is 317 g/mol. The lowest BCUT2D eigenvalue weighted by atomic mass is 9.92. The van der Waals surface area contributed by atoms with Gasteiger partial charge in [0.1, 0.15) is 0 Å². The molecule has 6 heteroatoms. The first-order valence-corrected chi connectivity index (χ1v) is 7.51. The first-order chi connectivity index (χ1) is 7.71. The van der Waals surface area contributed by atoms with Crippen LogP contribution in [-0.2, 0) is 9.47 Å². The molecular formula is C11H24O2S4. The van der Waals surface area contributed by atoms with Crippen molar-refractivity contribution in [2.75, 3.05) is 26.6 Å². The molecule has 0 rings (SSSR count). The largest absolute Gasteiger partial charge is 0.382 e. The molecule has 0 aliphatic heterocycles. The lowest BCUT2D eigenvalue weighted by Gasteiger charge is -2.40. The van der Waals surface area contributed by atoms with Crippen LogP contribution >= 0.6 is 50.5 Å². The van der Waals surface area contributed by atoms with E-state index in [-0.39, 0.29) is 16.1 Å². The van der Waals surface area contributed by atoms with Gasteiger partial charge in [0.25, 0.3) is 0 Å². The number of thiol groups is 4. The second kappa shape index (κ2) is 7.80. The van der Waals surface area contributed by atoms with E-state index >= 15 is 0 Å². The highest BCUT2D eigenvalue weighted by molar-refractivity contribution is 7.88. The van der Waals surface area contributed by atoms with Crippen molar-refractivity contribution in [3.05, 3.63) is 0 Å². The fourth-order valence-corrected chi connectivity index (χ4v) is 3.52. The SMILES string of the molecule is COCC(OC)C(S)(CS)C(S)CC(C)(C)S. The van der Waals surface area contributed by atoms with Crippen LogP contribution in [0.2, 0.25) is 0 Å². The molecule has 0 aromatic carbocycles. The number of methoxy groups -OCH3 is 2. The van der Waals surface area contributed by atoms with Gasteiger partial charge in [-0.25, -0.2) is 0 Å². The summed E-state index contributed by atoms with van der Waals surface area (Å²) in [5, 5.41) is 0.0240. The molecule has 0 amide bonds. The molecule has 0 bridgehead atoms. The monoisotopic (exact) mass is 316 g/mol. The molecule has 0 N–H and O–H groups in total. The van der Waals surface area contributed by atoms with Gasteiger partial charge in [-0.05, 0) is 6.42 Å². The maximum atomic E-state index is 5.46. The standard InChI is InChI=1S/C11H24O2S4/c1-10(2,16)5-9(15)11(17,7-14)8(13-4)6-12-3/h8-9,14-17H,5-7H2,1-4H3. The molecule has 0 aromatic rings. The third-order valence-corrected chi connectivity index (χ3v) is 5.24. The topological polar surface area (TPSA) is 18.5 Å². The third kappa shape index (κ3) is 5.87. The van der Waals surface area contributed by atoms with Crippen molar-refractivity contribution in [1.29, 1.82) is 0 Å². The fourth-order valence-electron chi connectivity index (χ4n) is 1.64. The Balaban J connectivity index is 4.84. The Hall–Kier alpha value is 1.32. The number of ether oxygens (including phenoxy) is 2. The smallest absolute Gasteiger partial charge is 0.0966 e. The van der Waals surface area contributed by atoms with Crippen LogP contribution in [-0.4, -0.2) is 47.4 Å². The molecule has 17 heavy (non-hydrogen) atoms. The average Bonchev–Trinajstić information content (AvgIpc) is 2.22. The molecule has 2 nitrogen and oxygen atoms in total. The zero-order valence-corrected chi connectivity index (χ0v) is 14.5. The zero-order valence-electron chi connectivity index (χ0n) is 10.9. The maximum absolute atomic E-state index is 5.46. The second-order valence-corrected chi connectivity index (χ2v) is 7.84. The van der Waals surface area contributed by atoms with Crippen molar-refractivity contribution < 1.29 is 9.47 Å². The fraction of sp³-hybridized carbons (Fsp3) is 1.00. The molecule has 0 aliphatic carbocycles. The van der Waals surface area contributed by atoms with E-state index in [2.05, 4.69) is 51.7 Å². The Kier molecular flexibility index (Phi) is 8.40. The number of hydrogen-bond acceptors (Lipinski definition) is 6. The first-order valence-electron chi connectivity index (χ1n) is 5.46. The minimum atomic E-state index is -0.447. The van der Waals surface area contributed by atoms with Gasteiger partial charge in [-0.3, -0.25) is 0 Å². The second-order valence-electron chi connectivity index (χ2n) is 4.86. The Morgan fingerprint density at radius 1 is 1.18 bits per heavy atom. The lowest BCUT2D eigenvalue weighted by molar-refractivity contribution is 0.00800. The molecule has 104 valence electrons. The Morgan fingerprint density at radius 2 is 1.71 bits per heavy atom. The van der Waals surface area contributed by atoms with Gasteiger partial charge in [-0.2, -0.15) is 50.5 Å². The Morgan fingerprint density at radius 3 is 2.00 bits per heavy atom. The zero-order chi connectivity index (χ0) is 13.7. The van der Waals surface area contributed by atoms with E-state index in [4.69, 9.17) is 22.1 Å². The van der Waals surface area contributed by atoms with E-state index in [1.165, 1.54) is 0 Å². The molecule has 3 atom stereocenters. The van der Waals surface area contributed by atoms with Crippen molar-refractivity contribution in [2.45, 2.75) is 41.1 Å². The predicted molar refractivity (Wildman–Crippen MR) is 88.7 cm³/mol. The molecule has 0 saturated carbocycles. The maximum Gasteiger partial charge on any atom is 0.0966 e. The Bertz CT molecular complexity index is 220. The van der Waals surface area contributed by atoms with Gasteiger partial charge >= 0.3 is 0 Å². The van der Waals surface area contributed by atoms with Crippen LogP contribution in [0.5, 0.6) is 0 Å². The highest BCUT2D eigenvalue weighted by atomic mass is 32.1. The van der Waals surface area contributed by atoms with E-state index in [9.17, 15) is 0 Å². The molecule has 3 unspecified atom stereocenters. The summed E-state index contributed by atoms with van der Waals surface area (Å²) in [6.45, 7) is 4.60. The van der Waals surface area contributed by atoms with E-state index < -0.39 is 4.75 Å². The molecule has 0 saturated heterocycles. The van der Waals surface area contributed by atoms with Crippen molar-refractivity contribution in [3.8, 4) is 0 Å². The van der Waals surface area contributed by atoms with Crippen molar-refractivity contribution >= 4 is 50.5 Å².